The Kier molecular flexibility index (Phi) is 7.61. The Morgan fingerprint density at radius 1 is 0.683 bits per heavy atom. The van der Waals surface area contributed by atoms with Crippen molar-refractivity contribution in [2.45, 2.75) is 6.42 Å². The highest BCUT2D eigenvalue weighted by molar-refractivity contribution is 7.72. The Balaban J connectivity index is 1.68. The van der Waals surface area contributed by atoms with Gasteiger partial charge in [0.2, 0.25) is 5.62 Å². The monoisotopic (exact) mass is 592 g/mol. The standard InChI is InChI=1S/C32H25ClN6S2/c33-23-18-16-22(17-19-23)20-21-35-31-36-29-27(28(34)37(31)24-10-4-1-5-11-24)30(40)39(26-14-8-3-9-15-26)32(41)38(29)25-12-6-2-7-13-25/h1-19H,20-21,34H2. The van der Waals surface area contributed by atoms with Crippen molar-refractivity contribution in [1.29, 1.82) is 0 Å². The van der Waals surface area contributed by atoms with Crippen molar-refractivity contribution in [3.8, 4) is 17.1 Å². The summed E-state index contributed by atoms with van der Waals surface area (Å²) in [6.45, 7) is 0.496. The van der Waals surface area contributed by atoms with Crippen molar-refractivity contribution >= 4 is 52.9 Å². The van der Waals surface area contributed by atoms with Gasteiger partial charge in [-0.2, -0.15) is 4.98 Å². The van der Waals surface area contributed by atoms with Gasteiger partial charge in [0.15, 0.2) is 10.4 Å². The summed E-state index contributed by atoms with van der Waals surface area (Å²) >= 11 is 18.2. The molecule has 0 spiro atoms. The molecule has 0 amide bonds. The number of anilines is 1. The molecule has 0 bridgehead atoms. The van der Waals surface area contributed by atoms with E-state index in [1.807, 2.05) is 129 Å². The number of fused-ring (bicyclic) bond motifs is 1. The van der Waals surface area contributed by atoms with Crippen LogP contribution in [0.1, 0.15) is 5.56 Å². The first-order valence-corrected chi connectivity index (χ1v) is 14.2. The second-order valence-corrected chi connectivity index (χ2v) is 10.5. The third kappa shape index (κ3) is 5.25. The SMILES string of the molecule is Nc1c2c(=S)n(-c3ccccc3)c(=S)n(-c3ccccc3)c2nc(=NCCc2ccc(Cl)cc2)n1-c1ccccc1. The van der Waals surface area contributed by atoms with Crippen LogP contribution < -0.4 is 11.4 Å². The Morgan fingerprint density at radius 2 is 1.20 bits per heavy atom. The molecule has 0 unspecified atom stereocenters. The van der Waals surface area contributed by atoms with Crippen LogP contribution in [0.4, 0.5) is 5.82 Å². The molecule has 2 N–H and O–H groups in total. The van der Waals surface area contributed by atoms with E-state index in [4.69, 9.17) is 51.7 Å². The molecule has 202 valence electrons. The quantitative estimate of drug-likeness (QED) is 0.204. The van der Waals surface area contributed by atoms with Crippen molar-refractivity contribution in [3.63, 3.8) is 0 Å². The summed E-state index contributed by atoms with van der Waals surface area (Å²) in [6, 6.07) is 37.3. The van der Waals surface area contributed by atoms with Crippen LogP contribution in [0.3, 0.4) is 0 Å². The highest BCUT2D eigenvalue weighted by Gasteiger charge is 2.19. The molecular formula is C32H25ClN6S2. The third-order valence-corrected chi connectivity index (χ3v) is 7.75. The van der Waals surface area contributed by atoms with E-state index in [1.54, 1.807) is 0 Å². The van der Waals surface area contributed by atoms with Gasteiger partial charge in [0.05, 0.1) is 11.1 Å². The summed E-state index contributed by atoms with van der Waals surface area (Å²) in [5.74, 6) is 0.431. The van der Waals surface area contributed by atoms with E-state index in [-0.39, 0.29) is 0 Å². The van der Waals surface area contributed by atoms with Gasteiger partial charge in [0, 0.05) is 22.9 Å². The van der Waals surface area contributed by atoms with Crippen LogP contribution >= 0.6 is 36.0 Å². The van der Waals surface area contributed by atoms with Gasteiger partial charge in [-0.1, -0.05) is 90.5 Å². The lowest BCUT2D eigenvalue weighted by Gasteiger charge is -2.20. The first-order chi connectivity index (χ1) is 20.0. The molecule has 2 aromatic heterocycles. The maximum Gasteiger partial charge on any atom is 0.233 e. The topological polar surface area (TPSA) is 66.1 Å². The lowest BCUT2D eigenvalue weighted by Crippen LogP contribution is -2.28. The molecular weight excluding hydrogens is 568 g/mol. The molecule has 0 aliphatic carbocycles. The van der Waals surface area contributed by atoms with Crippen LogP contribution in [0.2, 0.25) is 5.02 Å². The second-order valence-electron chi connectivity index (χ2n) is 9.35. The van der Waals surface area contributed by atoms with Crippen molar-refractivity contribution in [1.82, 2.24) is 18.7 Å². The van der Waals surface area contributed by atoms with Gasteiger partial charge < -0.3 is 5.73 Å². The average Bonchev–Trinajstić information content (AvgIpc) is 2.99. The minimum Gasteiger partial charge on any atom is -0.384 e. The molecule has 4 aromatic carbocycles. The fraction of sp³-hybridized carbons (Fsp3) is 0.0625. The molecule has 6 aromatic rings. The summed E-state index contributed by atoms with van der Waals surface area (Å²) in [6.07, 6.45) is 0.714. The van der Waals surface area contributed by atoms with E-state index in [0.717, 1.165) is 22.6 Å². The van der Waals surface area contributed by atoms with Gasteiger partial charge in [0.1, 0.15) is 10.5 Å². The van der Waals surface area contributed by atoms with Crippen molar-refractivity contribution in [2.24, 2.45) is 4.99 Å². The van der Waals surface area contributed by atoms with E-state index >= 15 is 0 Å². The van der Waals surface area contributed by atoms with Crippen LogP contribution in [0.15, 0.2) is 120 Å². The summed E-state index contributed by atoms with van der Waals surface area (Å²) in [5, 5.41) is 1.32. The number of aromatic nitrogens is 4. The predicted octanol–water partition coefficient (Wildman–Crippen LogP) is 7.44. The first-order valence-electron chi connectivity index (χ1n) is 13.0. The molecule has 2 heterocycles. The summed E-state index contributed by atoms with van der Waals surface area (Å²) in [4.78, 5) is 10.0. The zero-order valence-electron chi connectivity index (χ0n) is 21.9. The molecule has 0 aliphatic heterocycles. The van der Waals surface area contributed by atoms with Crippen LogP contribution in [-0.2, 0) is 6.42 Å². The van der Waals surface area contributed by atoms with Gasteiger partial charge in [-0.05, 0) is 72.7 Å². The van der Waals surface area contributed by atoms with E-state index in [1.165, 1.54) is 0 Å². The van der Waals surface area contributed by atoms with Gasteiger partial charge in [-0.3, -0.25) is 18.7 Å². The highest BCUT2D eigenvalue weighted by atomic mass is 35.5. The molecule has 0 fully saturated rings. The van der Waals surface area contributed by atoms with Crippen molar-refractivity contribution in [3.05, 3.63) is 141 Å². The second kappa shape index (κ2) is 11.6. The van der Waals surface area contributed by atoms with Gasteiger partial charge >= 0.3 is 0 Å². The Labute approximate surface area is 252 Å². The number of halogens is 1. The van der Waals surface area contributed by atoms with Crippen LogP contribution in [0.5, 0.6) is 0 Å². The molecule has 6 nitrogen and oxygen atoms in total. The molecule has 6 rings (SSSR count). The molecule has 0 saturated heterocycles. The molecule has 0 atom stereocenters. The summed E-state index contributed by atoms with van der Waals surface area (Å²) in [7, 11) is 0. The van der Waals surface area contributed by atoms with E-state index < -0.39 is 0 Å². The number of nitrogens with zero attached hydrogens (tertiary/aromatic N) is 5. The normalized spacial score (nSPS) is 11.7. The Bertz CT molecular complexity index is 2030. The molecule has 0 saturated carbocycles. The summed E-state index contributed by atoms with van der Waals surface area (Å²) in [5.41, 5.74) is 11.7. The lowest BCUT2D eigenvalue weighted by atomic mass is 10.1. The molecule has 0 aliphatic rings. The zero-order chi connectivity index (χ0) is 28.3. The largest absolute Gasteiger partial charge is 0.384 e. The van der Waals surface area contributed by atoms with Gasteiger partial charge in [-0.15, -0.1) is 0 Å². The zero-order valence-corrected chi connectivity index (χ0v) is 24.3. The first kappa shape index (κ1) is 26.8. The Morgan fingerprint density at radius 3 is 1.76 bits per heavy atom. The predicted molar refractivity (Wildman–Crippen MR) is 171 cm³/mol. The van der Waals surface area contributed by atoms with E-state index in [0.29, 0.717) is 49.9 Å². The molecule has 9 heteroatoms. The number of nitrogen functional groups attached to an aromatic ring is 1. The number of para-hydroxylation sites is 3. The number of hydrogen-bond acceptors (Lipinski definition) is 5. The van der Waals surface area contributed by atoms with Gasteiger partial charge in [0.25, 0.3) is 0 Å². The van der Waals surface area contributed by atoms with Crippen LogP contribution in [0, 0.1) is 9.41 Å². The summed E-state index contributed by atoms with van der Waals surface area (Å²) < 4.78 is 6.60. The van der Waals surface area contributed by atoms with Crippen LogP contribution in [-0.4, -0.2) is 25.2 Å². The van der Waals surface area contributed by atoms with E-state index in [9.17, 15) is 0 Å². The minimum atomic E-state index is 0.431. The third-order valence-electron chi connectivity index (χ3n) is 6.75. The van der Waals surface area contributed by atoms with Crippen molar-refractivity contribution in [2.75, 3.05) is 12.3 Å². The number of rotatable bonds is 6. The maximum absolute atomic E-state index is 7.02. The smallest absolute Gasteiger partial charge is 0.233 e. The molecule has 0 radical (unpaired) electrons. The number of hydrogen-bond donors (Lipinski definition) is 1. The number of benzene rings is 4. The van der Waals surface area contributed by atoms with Gasteiger partial charge in [-0.25, -0.2) is 0 Å². The average molecular weight is 593 g/mol. The number of nitrogens with two attached hydrogens (primary N) is 1. The van der Waals surface area contributed by atoms with E-state index in [2.05, 4.69) is 0 Å². The van der Waals surface area contributed by atoms with Crippen LogP contribution in [0.25, 0.3) is 28.1 Å². The van der Waals surface area contributed by atoms with Crippen molar-refractivity contribution < 1.29 is 0 Å². The fourth-order valence-corrected chi connectivity index (χ4v) is 5.74. The molecule has 41 heavy (non-hydrogen) atoms. The minimum absolute atomic E-state index is 0.431. The Hall–Kier alpha value is -4.37. The highest BCUT2D eigenvalue weighted by Crippen LogP contribution is 2.27. The maximum atomic E-state index is 7.02. The lowest BCUT2D eigenvalue weighted by molar-refractivity contribution is 0.808. The fourth-order valence-electron chi connectivity index (χ4n) is 4.78.